The molecule has 0 aromatic heterocycles. The van der Waals surface area contributed by atoms with Crippen LogP contribution in [0.3, 0.4) is 0 Å². The number of hydrogen-bond acceptors (Lipinski definition) is 2. The molecule has 204 valence electrons. The number of para-hydroxylation sites is 1. The highest BCUT2D eigenvalue weighted by Crippen LogP contribution is 2.72. The van der Waals surface area contributed by atoms with Crippen molar-refractivity contribution in [2.24, 2.45) is 39.4 Å². The lowest BCUT2D eigenvalue weighted by Gasteiger charge is -2.62. The third-order valence-corrected chi connectivity index (χ3v) is 12.6. The highest BCUT2D eigenvalue weighted by Gasteiger charge is 2.63. The SMILES string of the molecule is C[C@H](CC(=O)N(C)c1ccccc1F)[C@H]1CC[C@@]2(C)C3=C(CC[C@]12C)[C@@]1(C)CC[C@H](O)C(C)(C)[C@@H]1CC3. The van der Waals surface area contributed by atoms with Gasteiger partial charge in [-0.15, -0.1) is 0 Å². The lowest BCUT2D eigenvalue weighted by atomic mass is 9.43. The van der Waals surface area contributed by atoms with Gasteiger partial charge in [0, 0.05) is 13.5 Å². The van der Waals surface area contributed by atoms with Crippen LogP contribution in [0.2, 0.25) is 0 Å². The third-order valence-electron chi connectivity index (χ3n) is 12.6. The van der Waals surface area contributed by atoms with Crippen molar-refractivity contribution in [2.45, 2.75) is 105 Å². The summed E-state index contributed by atoms with van der Waals surface area (Å²) in [5, 5.41) is 10.9. The number of aliphatic hydroxyl groups is 1. The molecule has 3 nitrogen and oxygen atoms in total. The molecule has 0 bridgehead atoms. The smallest absolute Gasteiger partial charge is 0.227 e. The minimum atomic E-state index is -0.347. The van der Waals surface area contributed by atoms with Crippen LogP contribution in [-0.2, 0) is 4.79 Å². The minimum absolute atomic E-state index is 0.00142. The van der Waals surface area contributed by atoms with E-state index in [2.05, 4.69) is 41.5 Å². The summed E-state index contributed by atoms with van der Waals surface area (Å²) in [5.74, 6) is 0.936. The predicted octanol–water partition coefficient (Wildman–Crippen LogP) is 7.92. The summed E-state index contributed by atoms with van der Waals surface area (Å²) >= 11 is 0. The Kier molecular flexibility index (Phi) is 6.49. The van der Waals surface area contributed by atoms with Gasteiger partial charge in [-0.1, -0.05) is 64.8 Å². The zero-order valence-corrected chi connectivity index (χ0v) is 24.2. The molecule has 4 heteroatoms. The molecule has 0 unspecified atom stereocenters. The molecular weight excluding hydrogens is 461 g/mol. The number of amides is 1. The fourth-order valence-electron chi connectivity index (χ4n) is 10.0. The third kappa shape index (κ3) is 3.79. The number of nitrogens with zero attached hydrogens (tertiary/aromatic N) is 1. The first-order chi connectivity index (χ1) is 17.3. The molecule has 0 radical (unpaired) electrons. The molecule has 0 aliphatic heterocycles. The van der Waals surface area contributed by atoms with E-state index >= 15 is 0 Å². The van der Waals surface area contributed by atoms with E-state index in [0.29, 0.717) is 23.9 Å². The van der Waals surface area contributed by atoms with Crippen LogP contribution in [0.15, 0.2) is 35.4 Å². The number of rotatable bonds is 4. The van der Waals surface area contributed by atoms with Crippen molar-refractivity contribution in [3.8, 4) is 0 Å². The topological polar surface area (TPSA) is 40.5 Å². The molecule has 0 heterocycles. The van der Waals surface area contributed by atoms with Crippen LogP contribution in [0.1, 0.15) is 99.3 Å². The van der Waals surface area contributed by atoms with Crippen LogP contribution in [0.25, 0.3) is 0 Å². The van der Waals surface area contributed by atoms with Crippen molar-refractivity contribution < 1.29 is 14.3 Å². The fourth-order valence-corrected chi connectivity index (χ4v) is 10.0. The lowest BCUT2D eigenvalue weighted by molar-refractivity contribution is -0.120. The van der Waals surface area contributed by atoms with Crippen LogP contribution in [0.5, 0.6) is 0 Å². The molecule has 1 amide bonds. The maximum absolute atomic E-state index is 14.3. The van der Waals surface area contributed by atoms with E-state index in [0.717, 1.165) is 32.1 Å². The van der Waals surface area contributed by atoms with E-state index in [4.69, 9.17) is 0 Å². The fraction of sp³-hybridized carbons (Fsp3) is 0.727. The first kappa shape index (κ1) is 26.9. The molecule has 4 aliphatic rings. The summed E-state index contributed by atoms with van der Waals surface area (Å²) in [6, 6.07) is 6.55. The molecule has 2 fully saturated rings. The maximum atomic E-state index is 14.3. The number of anilines is 1. The van der Waals surface area contributed by atoms with Crippen LogP contribution in [-0.4, -0.2) is 24.2 Å². The van der Waals surface area contributed by atoms with Crippen molar-refractivity contribution in [1.82, 2.24) is 0 Å². The van der Waals surface area contributed by atoms with E-state index in [1.54, 1.807) is 36.4 Å². The van der Waals surface area contributed by atoms with Gasteiger partial charge in [0.2, 0.25) is 5.91 Å². The standard InChI is InChI=1S/C33H48FNO2/c1-21(20-29(37)35(7)26-11-9-8-10-25(26)34)22-14-18-33(6)24-12-13-27-30(2,3)28(36)16-17-31(27,4)23(24)15-19-32(22,33)5/h8-11,21-22,27-28,36H,12-20H2,1-7H3/t21-,22-,27+,28+,31-,32-,33+/m1/s1. The van der Waals surface area contributed by atoms with Gasteiger partial charge >= 0.3 is 0 Å². The molecule has 1 N–H and O–H groups in total. The van der Waals surface area contributed by atoms with E-state index < -0.39 is 0 Å². The number of allylic oxidation sites excluding steroid dienone is 2. The van der Waals surface area contributed by atoms with Crippen molar-refractivity contribution in [3.63, 3.8) is 0 Å². The number of carbonyl (C=O) groups is 1. The maximum Gasteiger partial charge on any atom is 0.227 e. The van der Waals surface area contributed by atoms with Crippen molar-refractivity contribution >= 4 is 11.6 Å². The van der Waals surface area contributed by atoms with Gasteiger partial charge in [-0.3, -0.25) is 4.79 Å². The number of fused-ring (bicyclic) bond motifs is 4. The first-order valence-corrected chi connectivity index (χ1v) is 14.7. The van der Waals surface area contributed by atoms with Crippen molar-refractivity contribution in [1.29, 1.82) is 0 Å². The molecule has 1 aromatic carbocycles. The largest absolute Gasteiger partial charge is 0.393 e. The molecule has 7 atom stereocenters. The molecule has 2 saturated carbocycles. The first-order valence-electron chi connectivity index (χ1n) is 14.7. The Morgan fingerprint density at radius 1 is 1.03 bits per heavy atom. The average molecular weight is 510 g/mol. The molecule has 1 aromatic rings. The van der Waals surface area contributed by atoms with Crippen molar-refractivity contribution in [2.75, 3.05) is 11.9 Å². The Labute approximate surface area is 223 Å². The van der Waals surface area contributed by atoms with E-state index in [1.807, 2.05) is 0 Å². The molecule has 5 rings (SSSR count). The Bertz CT molecular complexity index is 1110. The van der Waals surface area contributed by atoms with E-state index in [1.165, 1.54) is 30.2 Å². The molecule has 0 spiro atoms. The Morgan fingerprint density at radius 2 is 1.73 bits per heavy atom. The number of aliphatic hydroxyl groups excluding tert-OH is 1. The van der Waals surface area contributed by atoms with Crippen LogP contribution >= 0.6 is 0 Å². The summed E-state index contributed by atoms with van der Waals surface area (Å²) in [7, 11) is 1.70. The summed E-state index contributed by atoms with van der Waals surface area (Å²) in [5.41, 5.74) is 4.33. The zero-order valence-electron chi connectivity index (χ0n) is 24.2. The Morgan fingerprint density at radius 3 is 2.43 bits per heavy atom. The quantitative estimate of drug-likeness (QED) is 0.419. The Hall–Kier alpha value is -1.68. The van der Waals surface area contributed by atoms with Gasteiger partial charge in [0.05, 0.1) is 11.8 Å². The summed E-state index contributed by atoms with van der Waals surface area (Å²) in [6.45, 7) is 14.4. The van der Waals surface area contributed by atoms with Gasteiger partial charge in [0.25, 0.3) is 0 Å². The van der Waals surface area contributed by atoms with Crippen LogP contribution in [0, 0.1) is 45.2 Å². The summed E-state index contributed by atoms with van der Waals surface area (Å²) < 4.78 is 14.3. The van der Waals surface area contributed by atoms with Gasteiger partial charge in [0.15, 0.2) is 0 Å². The molecular formula is C33H48FNO2. The molecule has 4 aliphatic carbocycles. The van der Waals surface area contributed by atoms with Gasteiger partial charge in [-0.2, -0.15) is 0 Å². The second-order valence-corrected chi connectivity index (χ2v) is 14.3. The van der Waals surface area contributed by atoms with Gasteiger partial charge in [-0.25, -0.2) is 4.39 Å². The highest BCUT2D eigenvalue weighted by atomic mass is 19.1. The lowest BCUT2D eigenvalue weighted by Crippen LogP contribution is -2.55. The van der Waals surface area contributed by atoms with Gasteiger partial charge in [0.1, 0.15) is 5.82 Å². The minimum Gasteiger partial charge on any atom is -0.393 e. The van der Waals surface area contributed by atoms with Crippen LogP contribution < -0.4 is 4.90 Å². The Balaban J connectivity index is 1.39. The number of carbonyl (C=O) groups excluding carboxylic acids is 1. The second-order valence-electron chi connectivity index (χ2n) is 14.3. The number of hydrogen-bond donors (Lipinski definition) is 1. The highest BCUT2D eigenvalue weighted by molar-refractivity contribution is 5.93. The number of halogens is 1. The molecule has 0 saturated heterocycles. The number of benzene rings is 1. The van der Waals surface area contributed by atoms with Gasteiger partial charge < -0.3 is 10.0 Å². The van der Waals surface area contributed by atoms with Crippen molar-refractivity contribution in [3.05, 3.63) is 41.2 Å². The normalized spacial score (nSPS) is 39.4. The predicted molar refractivity (Wildman–Crippen MR) is 149 cm³/mol. The zero-order chi connectivity index (χ0) is 27.0. The van der Waals surface area contributed by atoms with Gasteiger partial charge in [-0.05, 0) is 103 Å². The van der Waals surface area contributed by atoms with E-state index in [9.17, 15) is 14.3 Å². The molecule has 37 heavy (non-hydrogen) atoms. The monoisotopic (exact) mass is 509 g/mol. The van der Waals surface area contributed by atoms with E-state index in [-0.39, 0.29) is 45.4 Å². The second kappa shape index (κ2) is 8.93. The summed E-state index contributed by atoms with van der Waals surface area (Å²) in [4.78, 5) is 14.8. The van der Waals surface area contributed by atoms with Crippen LogP contribution in [0.4, 0.5) is 10.1 Å². The average Bonchev–Trinajstić information content (AvgIpc) is 3.13. The summed E-state index contributed by atoms with van der Waals surface area (Å²) in [6.07, 6.45) is 9.30.